The van der Waals surface area contributed by atoms with Gasteiger partial charge in [-0.1, -0.05) is 70.8 Å². The van der Waals surface area contributed by atoms with Crippen LogP contribution in [0.5, 0.6) is 0 Å². The molecule has 30 heavy (non-hydrogen) atoms. The fraction of sp³-hybridized carbons (Fsp3) is 0.652. The van der Waals surface area contributed by atoms with E-state index in [-0.39, 0.29) is 18.7 Å². The topological polar surface area (TPSA) is 63.0 Å². The Labute approximate surface area is 178 Å². The van der Waals surface area contributed by atoms with E-state index >= 15 is 0 Å². The number of hydrogen-bond donors (Lipinski definition) is 2. The molecule has 1 aromatic carbocycles. The second-order valence-corrected chi connectivity index (χ2v) is 8.11. The molecule has 2 rings (SSSR count). The quantitative estimate of drug-likeness (QED) is 0.376. The van der Waals surface area contributed by atoms with Crippen LogP contribution in [-0.2, 0) is 12.1 Å². The van der Waals surface area contributed by atoms with Gasteiger partial charge < -0.3 is 10.4 Å². The predicted molar refractivity (Wildman–Crippen MR) is 115 cm³/mol. The fourth-order valence-electron chi connectivity index (χ4n) is 3.72. The minimum atomic E-state index is -1.55. The Morgan fingerprint density at radius 3 is 2.27 bits per heavy atom. The SMILES string of the molecule is CCCCCCCCCCCCNCC(O)(Cn1cncn1)c1ccc(F)cc1F. The summed E-state index contributed by atoms with van der Waals surface area (Å²) in [5.41, 5.74) is -1.50. The zero-order valence-electron chi connectivity index (χ0n) is 18.1. The summed E-state index contributed by atoms with van der Waals surface area (Å²) in [5.74, 6) is -1.43. The van der Waals surface area contributed by atoms with Crippen molar-refractivity contribution < 1.29 is 13.9 Å². The van der Waals surface area contributed by atoms with Gasteiger partial charge in [-0.2, -0.15) is 5.10 Å². The normalized spacial score (nSPS) is 13.5. The molecule has 2 aromatic rings. The highest BCUT2D eigenvalue weighted by atomic mass is 19.1. The monoisotopic (exact) mass is 422 g/mol. The molecule has 0 radical (unpaired) electrons. The zero-order valence-corrected chi connectivity index (χ0v) is 18.1. The first-order valence-corrected chi connectivity index (χ1v) is 11.3. The van der Waals surface area contributed by atoms with E-state index in [0.717, 1.165) is 31.5 Å². The van der Waals surface area contributed by atoms with Gasteiger partial charge in [0.15, 0.2) is 0 Å². The standard InChI is InChI=1S/C23H36F2N4O/c1-2-3-4-5-6-7-8-9-10-11-14-26-16-23(30,17-29-19-27-18-28-29)21-13-12-20(24)15-22(21)25/h12-13,15,18-19,26,30H,2-11,14,16-17H2,1H3. The molecule has 0 amide bonds. The largest absolute Gasteiger partial charge is 0.382 e. The van der Waals surface area contributed by atoms with Crippen LogP contribution in [0.2, 0.25) is 0 Å². The minimum absolute atomic E-state index is 0.0284. The second kappa shape index (κ2) is 13.4. The number of aromatic nitrogens is 3. The summed E-state index contributed by atoms with van der Waals surface area (Å²) in [6, 6.07) is 3.25. The van der Waals surface area contributed by atoms with E-state index in [1.807, 2.05) is 0 Å². The third-order valence-corrected chi connectivity index (χ3v) is 5.45. The lowest BCUT2D eigenvalue weighted by molar-refractivity contribution is 0.0121. The van der Waals surface area contributed by atoms with Gasteiger partial charge in [0, 0.05) is 18.2 Å². The Morgan fingerprint density at radius 1 is 1.00 bits per heavy atom. The molecule has 0 saturated carbocycles. The Morgan fingerprint density at radius 2 is 1.67 bits per heavy atom. The molecule has 1 atom stereocenters. The van der Waals surface area contributed by atoms with Crippen molar-refractivity contribution in [1.29, 1.82) is 0 Å². The number of rotatable bonds is 16. The van der Waals surface area contributed by atoms with Gasteiger partial charge in [0.05, 0.1) is 6.54 Å². The lowest BCUT2D eigenvalue weighted by Gasteiger charge is -2.29. The van der Waals surface area contributed by atoms with Crippen molar-refractivity contribution in [2.75, 3.05) is 13.1 Å². The molecule has 0 aliphatic carbocycles. The first kappa shape index (κ1) is 24.4. The van der Waals surface area contributed by atoms with Crippen LogP contribution in [0.4, 0.5) is 8.78 Å². The lowest BCUT2D eigenvalue weighted by Crippen LogP contribution is -2.43. The molecule has 0 aliphatic heterocycles. The summed E-state index contributed by atoms with van der Waals surface area (Å²) in [6.45, 7) is 3.14. The van der Waals surface area contributed by atoms with Crippen molar-refractivity contribution in [3.05, 3.63) is 48.1 Å². The Bertz CT molecular complexity index is 711. The van der Waals surface area contributed by atoms with E-state index in [9.17, 15) is 13.9 Å². The molecule has 168 valence electrons. The van der Waals surface area contributed by atoms with Crippen LogP contribution in [0.3, 0.4) is 0 Å². The number of unbranched alkanes of at least 4 members (excludes halogenated alkanes) is 9. The molecular formula is C23H36F2N4O. The maximum absolute atomic E-state index is 14.3. The molecule has 0 saturated heterocycles. The van der Waals surface area contributed by atoms with Crippen molar-refractivity contribution in [2.24, 2.45) is 0 Å². The molecule has 1 heterocycles. The van der Waals surface area contributed by atoms with Crippen LogP contribution in [0.25, 0.3) is 0 Å². The van der Waals surface area contributed by atoms with Crippen molar-refractivity contribution in [1.82, 2.24) is 20.1 Å². The van der Waals surface area contributed by atoms with Gasteiger partial charge in [-0.05, 0) is 19.0 Å². The molecule has 5 nitrogen and oxygen atoms in total. The second-order valence-electron chi connectivity index (χ2n) is 8.11. The Kier molecular flexibility index (Phi) is 10.9. The van der Waals surface area contributed by atoms with Crippen LogP contribution in [0, 0.1) is 11.6 Å². The molecule has 0 spiro atoms. The summed E-state index contributed by atoms with van der Waals surface area (Å²) in [4.78, 5) is 3.87. The number of nitrogens with one attached hydrogen (secondary N) is 1. The molecule has 2 N–H and O–H groups in total. The van der Waals surface area contributed by atoms with Gasteiger partial charge in [0.25, 0.3) is 0 Å². The predicted octanol–water partition coefficient (Wildman–Crippen LogP) is 4.95. The highest BCUT2D eigenvalue weighted by Gasteiger charge is 2.33. The van der Waals surface area contributed by atoms with Gasteiger partial charge in [0.2, 0.25) is 0 Å². The van der Waals surface area contributed by atoms with Crippen LogP contribution >= 0.6 is 0 Å². The van der Waals surface area contributed by atoms with E-state index < -0.39 is 17.2 Å². The Balaban J connectivity index is 1.73. The van der Waals surface area contributed by atoms with Crippen molar-refractivity contribution in [3.8, 4) is 0 Å². The summed E-state index contributed by atoms with van der Waals surface area (Å²) in [6.07, 6.45) is 15.4. The molecular weight excluding hydrogens is 386 g/mol. The molecule has 0 aliphatic rings. The van der Waals surface area contributed by atoms with Gasteiger partial charge >= 0.3 is 0 Å². The summed E-state index contributed by atoms with van der Waals surface area (Å²) < 4.78 is 29.1. The number of aliphatic hydroxyl groups is 1. The average molecular weight is 423 g/mol. The zero-order chi connectivity index (χ0) is 21.7. The minimum Gasteiger partial charge on any atom is -0.382 e. The molecule has 1 aromatic heterocycles. The summed E-state index contributed by atoms with van der Waals surface area (Å²) in [7, 11) is 0. The third-order valence-electron chi connectivity index (χ3n) is 5.45. The molecule has 0 fully saturated rings. The smallest absolute Gasteiger partial charge is 0.137 e. The number of hydrogen-bond acceptors (Lipinski definition) is 4. The van der Waals surface area contributed by atoms with E-state index in [0.29, 0.717) is 0 Å². The van der Waals surface area contributed by atoms with Gasteiger partial charge in [0.1, 0.15) is 29.9 Å². The van der Waals surface area contributed by atoms with Gasteiger partial charge in [-0.3, -0.25) is 0 Å². The van der Waals surface area contributed by atoms with E-state index in [2.05, 4.69) is 22.3 Å². The molecule has 1 unspecified atom stereocenters. The maximum atomic E-state index is 14.3. The first-order chi connectivity index (χ1) is 14.5. The first-order valence-electron chi connectivity index (χ1n) is 11.3. The number of halogens is 2. The van der Waals surface area contributed by atoms with Gasteiger partial charge in [-0.25, -0.2) is 18.4 Å². The van der Waals surface area contributed by atoms with Crippen molar-refractivity contribution >= 4 is 0 Å². The lowest BCUT2D eigenvalue weighted by atomic mass is 9.92. The van der Waals surface area contributed by atoms with E-state index in [1.54, 1.807) is 0 Å². The van der Waals surface area contributed by atoms with Crippen LogP contribution in [-0.4, -0.2) is 33.0 Å². The summed E-state index contributed by atoms with van der Waals surface area (Å²) in [5, 5.41) is 18.4. The van der Waals surface area contributed by atoms with E-state index in [4.69, 9.17) is 0 Å². The highest BCUT2D eigenvalue weighted by Crippen LogP contribution is 2.26. The Hall–Kier alpha value is -1.86. The van der Waals surface area contributed by atoms with Crippen LogP contribution in [0.15, 0.2) is 30.9 Å². The molecule has 0 bridgehead atoms. The average Bonchev–Trinajstić information content (AvgIpc) is 3.21. The number of nitrogens with zero attached hydrogens (tertiary/aromatic N) is 3. The number of benzene rings is 1. The molecule has 7 heteroatoms. The van der Waals surface area contributed by atoms with Crippen LogP contribution < -0.4 is 5.32 Å². The maximum Gasteiger partial charge on any atom is 0.137 e. The summed E-state index contributed by atoms with van der Waals surface area (Å²) >= 11 is 0. The van der Waals surface area contributed by atoms with Crippen molar-refractivity contribution in [2.45, 2.75) is 83.3 Å². The van der Waals surface area contributed by atoms with Crippen molar-refractivity contribution in [3.63, 3.8) is 0 Å². The van der Waals surface area contributed by atoms with Gasteiger partial charge in [-0.15, -0.1) is 0 Å². The third kappa shape index (κ3) is 8.48. The van der Waals surface area contributed by atoms with E-state index in [1.165, 1.54) is 74.8 Å². The van der Waals surface area contributed by atoms with Crippen LogP contribution in [0.1, 0.15) is 76.7 Å². The highest BCUT2D eigenvalue weighted by molar-refractivity contribution is 5.25. The fourth-order valence-corrected chi connectivity index (χ4v) is 3.72.